The van der Waals surface area contributed by atoms with Crippen molar-refractivity contribution in [3.8, 4) is 0 Å². The summed E-state index contributed by atoms with van der Waals surface area (Å²) in [7, 11) is -1.80. The maximum atomic E-state index is 6.25. The predicted octanol–water partition coefficient (Wildman–Crippen LogP) is 11.2. The minimum atomic E-state index is -1.52. The molecule has 2 rings (SSSR count). The van der Waals surface area contributed by atoms with Gasteiger partial charge in [-0.15, -0.1) is 0 Å². The van der Waals surface area contributed by atoms with Gasteiger partial charge in [-0.25, -0.2) is 0 Å². The van der Waals surface area contributed by atoms with Crippen molar-refractivity contribution in [2.45, 2.75) is 140 Å². The van der Waals surface area contributed by atoms with Gasteiger partial charge in [0, 0.05) is 22.9 Å². The standard InChI is InChI=1S/C30H58Br2N2O2Si2.2BrH.Ni/c1-21-17-25(31)18-22(2)29(21)33-27(13-11-15-35-37(5,6)7)28(14-12-16-36-38(8,9)10)34-30-23(3)19-26(32)20-24(30)4;;;/h21-26,29-30H,11-20H2,1-10H3;2*1H;/q;;;+2/p-2. The number of hydrogen-bond acceptors (Lipinski definition) is 4. The molecule has 4 atom stereocenters. The molecule has 0 saturated heterocycles. The van der Waals surface area contributed by atoms with E-state index in [1.165, 1.54) is 48.0 Å². The Hall–Kier alpha value is 2.11. The molecule has 0 radical (unpaired) electrons. The van der Waals surface area contributed by atoms with Crippen molar-refractivity contribution >= 4 is 88.4 Å². The molecule has 0 aromatic rings. The van der Waals surface area contributed by atoms with E-state index in [4.69, 9.17) is 18.8 Å². The van der Waals surface area contributed by atoms with Crippen LogP contribution in [0.5, 0.6) is 0 Å². The first kappa shape index (κ1) is 41.1. The summed E-state index contributed by atoms with van der Waals surface area (Å²) in [6, 6.07) is 0.738. The number of nitrogens with zero attached hydrogens (tertiary/aromatic N) is 2. The van der Waals surface area contributed by atoms with Crippen molar-refractivity contribution in [2.75, 3.05) is 13.2 Å². The molecule has 2 aliphatic rings. The Morgan fingerprint density at radius 3 is 1.15 bits per heavy atom. The van der Waals surface area contributed by atoms with E-state index in [1.54, 1.807) is 0 Å². The van der Waals surface area contributed by atoms with E-state index < -0.39 is 16.6 Å². The number of rotatable bonds is 13. The summed E-state index contributed by atoms with van der Waals surface area (Å²) in [5.74, 6) is 2.31. The van der Waals surface area contributed by atoms with Crippen LogP contribution in [0, 0.1) is 23.7 Å². The van der Waals surface area contributed by atoms with Gasteiger partial charge in [-0.2, -0.15) is 0 Å². The summed E-state index contributed by atoms with van der Waals surface area (Å²) < 4.78 is 12.5. The van der Waals surface area contributed by atoms with Crippen LogP contribution < -0.4 is 0 Å². The third-order valence-electron chi connectivity index (χ3n) is 7.97. The van der Waals surface area contributed by atoms with Gasteiger partial charge in [0.1, 0.15) is 0 Å². The zero-order valence-electron chi connectivity index (χ0n) is 27.2. The summed E-state index contributed by atoms with van der Waals surface area (Å²) in [4.78, 5) is 12.4. The molecule has 0 aromatic carbocycles. The van der Waals surface area contributed by atoms with Crippen LogP contribution in [0.15, 0.2) is 9.98 Å². The topological polar surface area (TPSA) is 43.2 Å². The molecular formula is C30H58Br4N2NiO2Si2. The molecule has 4 nitrogen and oxygen atoms in total. The van der Waals surface area contributed by atoms with Crippen LogP contribution in [0.3, 0.4) is 0 Å². The molecule has 2 aliphatic carbocycles. The average Bonchev–Trinajstić information content (AvgIpc) is 2.80. The second-order valence-corrected chi connectivity index (χ2v) is 31.0. The van der Waals surface area contributed by atoms with Crippen LogP contribution in [0.2, 0.25) is 39.3 Å². The van der Waals surface area contributed by atoms with Crippen molar-refractivity contribution in [3.63, 3.8) is 0 Å². The second kappa shape index (κ2) is 20.4. The average molecular weight is 913 g/mol. The number of halogens is 4. The molecule has 0 N–H and O–H groups in total. The summed E-state index contributed by atoms with van der Waals surface area (Å²) in [6.45, 7) is 24.9. The fraction of sp³-hybridized carbons (Fsp3) is 0.933. The van der Waals surface area contributed by atoms with Crippen LogP contribution >= 0.6 is 60.3 Å². The van der Waals surface area contributed by atoms with E-state index in [9.17, 15) is 0 Å². The molecular weight excluding hydrogens is 855 g/mol. The predicted molar refractivity (Wildman–Crippen MR) is 198 cm³/mol. The van der Waals surface area contributed by atoms with E-state index in [0.717, 1.165) is 38.9 Å². The fourth-order valence-electron chi connectivity index (χ4n) is 6.16. The molecule has 41 heavy (non-hydrogen) atoms. The first-order chi connectivity index (χ1) is 19.0. The summed E-state index contributed by atoms with van der Waals surface area (Å²) in [5, 5.41) is 0. The van der Waals surface area contributed by atoms with E-state index in [-0.39, 0.29) is 0 Å². The maximum absolute atomic E-state index is 6.25. The summed E-state index contributed by atoms with van der Waals surface area (Å²) in [6.07, 6.45) is 8.75. The molecule has 0 amide bonds. The van der Waals surface area contributed by atoms with Gasteiger partial charge in [0.15, 0.2) is 16.6 Å². The zero-order chi connectivity index (χ0) is 31.4. The van der Waals surface area contributed by atoms with Crippen LogP contribution in [0.1, 0.15) is 79.1 Å². The third-order valence-corrected chi connectivity index (χ3v) is 11.6. The number of hydrogen-bond donors (Lipinski definition) is 0. The van der Waals surface area contributed by atoms with Crippen LogP contribution in [0.4, 0.5) is 0 Å². The van der Waals surface area contributed by atoms with E-state index in [1.807, 2.05) is 0 Å². The molecule has 4 unspecified atom stereocenters. The molecule has 2 fully saturated rings. The molecule has 2 saturated carbocycles. The number of aliphatic imine (C=N–C) groups is 2. The van der Waals surface area contributed by atoms with Gasteiger partial charge in [-0.1, -0.05) is 59.6 Å². The van der Waals surface area contributed by atoms with Crippen molar-refractivity contribution in [1.82, 2.24) is 0 Å². The Bertz CT molecular complexity index is 722. The van der Waals surface area contributed by atoms with Crippen LogP contribution in [-0.2, 0) is 19.7 Å². The van der Waals surface area contributed by atoms with Gasteiger partial charge in [0.25, 0.3) is 0 Å². The minimum absolute atomic E-state index is 0.369. The molecule has 0 spiro atoms. The van der Waals surface area contributed by atoms with Gasteiger partial charge < -0.3 is 8.85 Å². The SMILES string of the molecule is CC1CC(Br)CC(C)C1N=C(CCCO[Si](C)(C)C)C(CCCO[Si](C)(C)C)=NC1C(C)CC(Br)CC1C.[Br][Ni][Br]. The second-order valence-electron chi connectivity index (χ2n) is 14.4. The van der Waals surface area contributed by atoms with Gasteiger partial charge in [-0.3, -0.25) is 9.98 Å². The fourth-order valence-corrected chi connectivity index (χ4v) is 10.0. The molecule has 0 aliphatic heterocycles. The van der Waals surface area contributed by atoms with Crippen molar-refractivity contribution < 1.29 is 19.7 Å². The quantitative estimate of drug-likeness (QED) is 0.0800. The van der Waals surface area contributed by atoms with Crippen LogP contribution in [0.25, 0.3) is 0 Å². The van der Waals surface area contributed by atoms with Crippen LogP contribution in [-0.4, -0.2) is 63.0 Å². The molecule has 0 heterocycles. The Labute approximate surface area is 292 Å². The van der Waals surface area contributed by atoms with E-state index in [2.05, 4.69) is 127 Å². The Kier molecular flexibility index (Phi) is 20.4. The van der Waals surface area contributed by atoms with Crippen molar-refractivity contribution in [2.24, 2.45) is 33.7 Å². The van der Waals surface area contributed by atoms with Gasteiger partial charge in [0.2, 0.25) is 0 Å². The van der Waals surface area contributed by atoms with Crippen molar-refractivity contribution in [3.05, 3.63) is 0 Å². The third kappa shape index (κ3) is 17.6. The van der Waals surface area contributed by atoms with E-state index in [0.29, 0.717) is 45.4 Å². The molecule has 0 aromatic heterocycles. The van der Waals surface area contributed by atoms with Gasteiger partial charge >= 0.3 is 39.3 Å². The van der Waals surface area contributed by atoms with Gasteiger partial charge in [0.05, 0.1) is 23.5 Å². The molecule has 0 bridgehead atoms. The normalized spacial score (nSPS) is 32.0. The number of alkyl halides is 2. The summed E-state index contributed by atoms with van der Waals surface area (Å²) >= 11 is 13.8. The first-order valence-corrected chi connectivity index (χ1v) is 29.0. The zero-order valence-corrected chi connectivity index (χ0v) is 36.6. The summed E-state index contributed by atoms with van der Waals surface area (Å²) in [5.41, 5.74) is 2.52. The Balaban J connectivity index is 0.00000268. The van der Waals surface area contributed by atoms with Crippen molar-refractivity contribution in [1.29, 1.82) is 0 Å². The Morgan fingerprint density at radius 2 is 0.902 bits per heavy atom. The Morgan fingerprint density at radius 1 is 0.634 bits per heavy atom. The monoisotopic (exact) mass is 908 g/mol. The molecule has 246 valence electrons. The first-order valence-electron chi connectivity index (χ1n) is 15.5. The van der Waals surface area contributed by atoms with E-state index >= 15 is 0 Å². The molecule has 11 heteroatoms. The van der Waals surface area contributed by atoms with Gasteiger partial charge in [-0.05, 0) is 114 Å².